The lowest BCUT2D eigenvalue weighted by atomic mass is 10.4. The summed E-state index contributed by atoms with van der Waals surface area (Å²) in [6.45, 7) is 3.67. The molecule has 0 amide bonds. The van der Waals surface area contributed by atoms with Crippen molar-refractivity contribution in [3.05, 3.63) is 11.2 Å². The Hall–Kier alpha value is -0.210. The van der Waals surface area contributed by atoms with E-state index in [-0.39, 0.29) is 18.4 Å². The zero-order valence-corrected chi connectivity index (χ0v) is 11.7. The van der Waals surface area contributed by atoms with E-state index >= 15 is 0 Å². The van der Waals surface area contributed by atoms with Crippen LogP contribution in [0.25, 0.3) is 0 Å². The molecule has 1 aliphatic heterocycles. The minimum Gasteiger partial charge on any atom is -0.316 e. The van der Waals surface area contributed by atoms with E-state index in [2.05, 4.69) is 15.0 Å². The van der Waals surface area contributed by atoms with Crippen LogP contribution in [0.2, 0.25) is 0 Å². The quantitative estimate of drug-likeness (QED) is 0.845. The second-order valence-corrected chi connectivity index (χ2v) is 7.51. The smallest absolute Gasteiger partial charge is 0.251 e. The number of piperidine rings is 1. The van der Waals surface area contributed by atoms with Gasteiger partial charge < -0.3 is 5.32 Å². The van der Waals surface area contributed by atoms with Crippen molar-refractivity contribution in [1.29, 1.82) is 0 Å². The van der Waals surface area contributed by atoms with E-state index < -0.39 is 10.0 Å². The van der Waals surface area contributed by atoms with Crippen LogP contribution in [-0.4, -0.2) is 32.5 Å². The number of sulfonamides is 1. The number of aryl methyl sites for hydroxylation is 1. The number of nitrogens with zero attached hydrogens (tertiary/aromatic N) is 1. The zero-order valence-electron chi connectivity index (χ0n) is 9.21. The van der Waals surface area contributed by atoms with Gasteiger partial charge in [-0.2, -0.15) is 0 Å². The number of thiazole rings is 1. The first-order valence-electron chi connectivity index (χ1n) is 5.23. The number of aromatic nitrogens is 1. The lowest BCUT2D eigenvalue weighted by Crippen LogP contribution is -2.32. The fraction of sp³-hybridized carbons (Fsp3) is 0.667. The van der Waals surface area contributed by atoms with Crippen LogP contribution in [-0.2, 0) is 10.0 Å². The molecule has 2 N–H and O–H groups in total. The van der Waals surface area contributed by atoms with Crippen molar-refractivity contribution in [2.24, 2.45) is 11.8 Å². The molecule has 2 heterocycles. The molecule has 0 aromatic carbocycles. The highest BCUT2D eigenvalue weighted by Crippen LogP contribution is 2.42. The van der Waals surface area contributed by atoms with E-state index in [1.54, 1.807) is 6.92 Å². The van der Waals surface area contributed by atoms with Gasteiger partial charge in [0.1, 0.15) is 0 Å². The van der Waals surface area contributed by atoms with E-state index in [4.69, 9.17) is 0 Å². The molecule has 5 nitrogen and oxygen atoms in total. The van der Waals surface area contributed by atoms with Gasteiger partial charge in [0.2, 0.25) is 0 Å². The van der Waals surface area contributed by atoms with Gasteiger partial charge in [0.15, 0.2) is 4.21 Å². The molecule has 0 bridgehead atoms. The number of rotatable bonds is 3. The van der Waals surface area contributed by atoms with Crippen LogP contribution in [0.15, 0.2) is 10.4 Å². The highest BCUT2D eigenvalue weighted by molar-refractivity contribution is 7.91. The minimum absolute atomic E-state index is 0. The monoisotopic (exact) mass is 295 g/mol. The summed E-state index contributed by atoms with van der Waals surface area (Å²) in [5.74, 6) is 0.979. The van der Waals surface area contributed by atoms with Crippen LogP contribution in [0, 0.1) is 18.8 Å². The van der Waals surface area contributed by atoms with Crippen LogP contribution in [0.4, 0.5) is 0 Å². The normalized spacial score (nSPS) is 30.8. The summed E-state index contributed by atoms with van der Waals surface area (Å²) in [6.07, 6.45) is 1.43. The van der Waals surface area contributed by atoms with Crippen LogP contribution < -0.4 is 10.0 Å². The third-order valence-electron chi connectivity index (χ3n) is 3.25. The molecule has 1 aromatic heterocycles. The minimum atomic E-state index is -3.34. The molecular formula is C9H14ClN3O2S2. The number of hydrogen-bond acceptors (Lipinski definition) is 5. The molecule has 0 spiro atoms. The predicted octanol–water partition coefficient (Wildman–Crippen LogP) is 0.369. The lowest BCUT2D eigenvalue weighted by molar-refractivity contribution is 0.567. The summed E-state index contributed by atoms with van der Waals surface area (Å²) >= 11 is 1.22. The van der Waals surface area contributed by atoms with Crippen molar-refractivity contribution in [3.63, 3.8) is 0 Å². The van der Waals surface area contributed by atoms with Gasteiger partial charge in [-0.05, 0) is 31.8 Å². The largest absolute Gasteiger partial charge is 0.316 e. The Morgan fingerprint density at radius 2 is 2.12 bits per heavy atom. The molecular weight excluding hydrogens is 282 g/mol. The van der Waals surface area contributed by atoms with Crippen molar-refractivity contribution in [2.45, 2.75) is 17.2 Å². The highest BCUT2D eigenvalue weighted by Gasteiger charge is 2.54. The molecule has 8 heteroatoms. The molecule has 2 fully saturated rings. The molecule has 1 aliphatic carbocycles. The van der Waals surface area contributed by atoms with Crippen LogP contribution >= 0.6 is 23.7 Å². The highest BCUT2D eigenvalue weighted by atomic mass is 35.5. The van der Waals surface area contributed by atoms with Gasteiger partial charge >= 0.3 is 0 Å². The fourth-order valence-electron chi connectivity index (χ4n) is 2.30. The van der Waals surface area contributed by atoms with Crippen molar-refractivity contribution in [2.75, 3.05) is 13.1 Å². The lowest BCUT2D eigenvalue weighted by Gasteiger charge is -2.06. The Labute approximate surface area is 110 Å². The van der Waals surface area contributed by atoms with Gasteiger partial charge in [-0.15, -0.1) is 23.7 Å². The van der Waals surface area contributed by atoms with Gasteiger partial charge in [0, 0.05) is 6.04 Å². The van der Waals surface area contributed by atoms with Crippen LogP contribution in [0.3, 0.4) is 0 Å². The van der Waals surface area contributed by atoms with E-state index in [1.807, 2.05) is 0 Å². The Kier molecular flexibility index (Phi) is 3.48. The summed E-state index contributed by atoms with van der Waals surface area (Å²) in [7, 11) is -3.34. The third-order valence-corrected chi connectivity index (χ3v) is 6.08. The summed E-state index contributed by atoms with van der Waals surface area (Å²) in [4.78, 5) is 3.97. The van der Waals surface area contributed by atoms with E-state index in [9.17, 15) is 8.42 Å². The van der Waals surface area contributed by atoms with Gasteiger partial charge in [-0.3, -0.25) is 0 Å². The SMILES string of the molecule is Cc1ncc(S(=O)(=O)NC2C3CNCC32)s1.Cl. The molecule has 1 aromatic rings. The maximum Gasteiger partial charge on any atom is 0.251 e. The molecule has 2 atom stereocenters. The van der Waals surface area contributed by atoms with E-state index in [1.165, 1.54) is 17.5 Å². The van der Waals surface area contributed by atoms with Crippen LogP contribution in [0.5, 0.6) is 0 Å². The molecule has 17 heavy (non-hydrogen) atoms. The van der Waals surface area contributed by atoms with Crippen molar-refractivity contribution in [3.8, 4) is 0 Å². The van der Waals surface area contributed by atoms with Gasteiger partial charge in [0.05, 0.1) is 11.2 Å². The first kappa shape index (κ1) is 13.2. The molecule has 0 radical (unpaired) electrons. The first-order valence-corrected chi connectivity index (χ1v) is 7.53. The second-order valence-electron chi connectivity index (χ2n) is 4.33. The molecule has 3 rings (SSSR count). The van der Waals surface area contributed by atoms with Gasteiger partial charge in [-0.1, -0.05) is 0 Å². The fourth-order valence-corrected chi connectivity index (χ4v) is 4.76. The Morgan fingerprint density at radius 3 is 2.65 bits per heavy atom. The van der Waals surface area contributed by atoms with Crippen molar-refractivity contribution >= 4 is 33.8 Å². The third kappa shape index (κ3) is 2.34. The Bertz CT molecular complexity index is 506. The maximum atomic E-state index is 12.0. The summed E-state index contributed by atoms with van der Waals surface area (Å²) in [6, 6.07) is 0.133. The van der Waals surface area contributed by atoms with Crippen LogP contribution in [0.1, 0.15) is 5.01 Å². The Morgan fingerprint density at radius 1 is 1.47 bits per heavy atom. The average molecular weight is 296 g/mol. The summed E-state index contributed by atoms with van der Waals surface area (Å²) in [5, 5.41) is 4.01. The molecule has 2 aliphatic rings. The molecule has 1 saturated heterocycles. The molecule has 1 saturated carbocycles. The summed E-state index contributed by atoms with van der Waals surface area (Å²) in [5.41, 5.74) is 0. The topological polar surface area (TPSA) is 71.1 Å². The van der Waals surface area contributed by atoms with E-state index in [0.29, 0.717) is 16.0 Å². The number of fused-ring (bicyclic) bond motifs is 1. The number of halogens is 1. The zero-order chi connectivity index (χ0) is 11.3. The van der Waals surface area contributed by atoms with Gasteiger partial charge in [-0.25, -0.2) is 18.1 Å². The van der Waals surface area contributed by atoms with Crippen molar-refractivity contribution in [1.82, 2.24) is 15.0 Å². The molecule has 96 valence electrons. The Balaban J connectivity index is 0.00000108. The molecule has 2 unspecified atom stereocenters. The number of hydrogen-bond donors (Lipinski definition) is 2. The second kappa shape index (κ2) is 4.47. The first-order chi connectivity index (χ1) is 7.58. The predicted molar refractivity (Wildman–Crippen MR) is 68.1 cm³/mol. The average Bonchev–Trinajstić information content (AvgIpc) is 2.68. The maximum absolute atomic E-state index is 12.0. The van der Waals surface area contributed by atoms with Gasteiger partial charge in [0.25, 0.3) is 10.0 Å². The van der Waals surface area contributed by atoms with Crippen molar-refractivity contribution < 1.29 is 8.42 Å². The summed E-state index contributed by atoms with van der Waals surface area (Å²) < 4.78 is 27.0. The van der Waals surface area contributed by atoms with E-state index in [0.717, 1.165) is 18.1 Å². The standard InChI is InChI=1S/C9H13N3O2S2.ClH/c1-5-11-4-8(15-5)16(13,14)12-9-6-2-10-3-7(6)9;/h4,6-7,9-10,12H,2-3H2,1H3;1H. The number of nitrogens with one attached hydrogen (secondary N) is 2.